The number of amides is 1. The monoisotopic (exact) mass is 142 g/mol. The molecule has 2 nitrogen and oxygen atoms in total. The fraction of sp³-hybridized carbons (Fsp3) is 0.875. The van der Waals surface area contributed by atoms with Crippen LogP contribution in [0.5, 0.6) is 0 Å². The standard InChI is InChI=1S/C8H15NO/c1-8(2,3)6-4-5-9-7(6)10/h6H,4-5H2,1-3H3,(H,9,10)/i/hD. The van der Waals surface area contributed by atoms with Gasteiger partial charge in [-0.05, 0) is 11.8 Å². The summed E-state index contributed by atoms with van der Waals surface area (Å²) in [7, 11) is 0. The fourth-order valence-electron chi connectivity index (χ4n) is 1.34. The second kappa shape index (κ2) is 2.26. The van der Waals surface area contributed by atoms with Crippen LogP contribution in [0, 0.1) is 11.3 Å². The van der Waals surface area contributed by atoms with E-state index in [1.165, 1.54) is 0 Å². The molecule has 1 unspecified atom stereocenters. The molecule has 0 spiro atoms. The van der Waals surface area contributed by atoms with Crippen molar-refractivity contribution >= 4 is 5.91 Å². The van der Waals surface area contributed by atoms with E-state index in [9.17, 15) is 4.79 Å². The zero-order valence-corrected chi connectivity index (χ0v) is 6.85. The molecule has 10 heavy (non-hydrogen) atoms. The van der Waals surface area contributed by atoms with Gasteiger partial charge in [-0.3, -0.25) is 4.79 Å². The zero-order chi connectivity index (χ0) is 8.65. The van der Waals surface area contributed by atoms with Crippen LogP contribution in [0.4, 0.5) is 0 Å². The van der Waals surface area contributed by atoms with Crippen molar-refractivity contribution in [3.05, 3.63) is 0 Å². The summed E-state index contributed by atoms with van der Waals surface area (Å²) in [6.07, 6.45) is 0.839. The van der Waals surface area contributed by atoms with Crippen molar-refractivity contribution in [1.82, 2.24) is 5.31 Å². The van der Waals surface area contributed by atoms with Crippen LogP contribution in [0.2, 0.25) is 1.41 Å². The predicted molar refractivity (Wildman–Crippen MR) is 40.6 cm³/mol. The lowest BCUT2D eigenvalue weighted by Gasteiger charge is -2.23. The lowest BCUT2D eigenvalue weighted by atomic mass is 9.80. The molecule has 1 fully saturated rings. The molecule has 0 aromatic rings. The summed E-state index contributed by atoms with van der Waals surface area (Å²) in [6, 6.07) is 0. The van der Waals surface area contributed by atoms with Gasteiger partial charge in [-0.25, -0.2) is 0 Å². The fourth-order valence-corrected chi connectivity index (χ4v) is 1.34. The summed E-state index contributed by atoms with van der Waals surface area (Å²) >= 11 is 0. The van der Waals surface area contributed by atoms with Crippen molar-refractivity contribution in [3.63, 3.8) is 0 Å². The minimum atomic E-state index is -0.0162. The number of hydrogen-bond acceptors (Lipinski definition) is 1. The molecule has 0 aromatic heterocycles. The number of nitrogens with one attached hydrogen (secondary N) is 1. The van der Waals surface area contributed by atoms with E-state index in [1.807, 2.05) is 0 Å². The first-order chi connectivity index (χ1) is 4.93. The Kier molecular flexibility index (Phi) is 1.40. The molecular weight excluding hydrogens is 126 g/mol. The van der Waals surface area contributed by atoms with Crippen molar-refractivity contribution in [2.75, 3.05) is 6.54 Å². The van der Waals surface area contributed by atoms with E-state index in [4.69, 9.17) is 1.41 Å². The first-order valence-electron chi connectivity index (χ1n) is 4.18. The van der Waals surface area contributed by atoms with E-state index < -0.39 is 0 Å². The van der Waals surface area contributed by atoms with Crippen LogP contribution in [0.15, 0.2) is 0 Å². The summed E-state index contributed by atoms with van der Waals surface area (Å²) in [5.74, 6) is 0.0394. The Hall–Kier alpha value is -0.530. The zero-order valence-electron chi connectivity index (χ0n) is 7.85. The van der Waals surface area contributed by atoms with Gasteiger partial charge in [0.1, 0.15) is 0 Å². The highest BCUT2D eigenvalue weighted by atomic mass is 16.2. The molecule has 1 atom stereocenters. The highest BCUT2D eigenvalue weighted by Crippen LogP contribution is 2.30. The number of carbonyl (C=O) groups excluding carboxylic acids is 1. The second-order valence-electron chi connectivity index (χ2n) is 3.93. The van der Waals surface area contributed by atoms with Gasteiger partial charge in [-0.1, -0.05) is 20.8 Å². The normalized spacial score (nSPS) is 29.1. The Bertz CT molecular complexity index is 173. The van der Waals surface area contributed by atoms with Crippen molar-refractivity contribution in [1.29, 1.82) is 0 Å². The average molecular weight is 142 g/mol. The quantitative estimate of drug-likeness (QED) is 0.540. The molecule has 1 heterocycles. The van der Waals surface area contributed by atoms with Gasteiger partial charge in [-0.15, -0.1) is 0 Å². The third kappa shape index (κ3) is 1.31. The first kappa shape index (κ1) is 6.20. The Morgan fingerprint density at radius 2 is 2.30 bits per heavy atom. The third-order valence-corrected chi connectivity index (χ3v) is 2.03. The average Bonchev–Trinajstić information content (AvgIpc) is 2.11. The molecule has 2 heteroatoms. The SMILES string of the molecule is [2H]N1CCC(C(C)(C)C)C1=O. The van der Waals surface area contributed by atoms with Gasteiger partial charge in [0.05, 0.1) is 0 Å². The lowest BCUT2D eigenvalue weighted by molar-refractivity contribution is -0.125. The molecule has 1 rings (SSSR count). The molecule has 0 aromatic carbocycles. The highest BCUT2D eigenvalue weighted by molar-refractivity contribution is 5.81. The van der Waals surface area contributed by atoms with Crippen LogP contribution >= 0.6 is 0 Å². The molecule has 1 aliphatic rings. The highest BCUT2D eigenvalue weighted by Gasteiger charge is 2.34. The van der Waals surface area contributed by atoms with Crippen LogP contribution in [0.3, 0.4) is 0 Å². The summed E-state index contributed by atoms with van der Waals surface area (Å²) in [5.41, 5.74) is 0.0207. The van der Waals surface area contributed by atoms with Crippen molar-refractivity contribution in [2.24, 2.45) is 11.3 Å². The Labute approximate surface area is 63.5 Å². The lowest BCUT2D eigenvalue weighted by Crippen LogP contribution is -2.28. The van der Waals surface area contributed by atoms with Crippen LogP contribution < -0.4 is 5.31 Å². The van der Waals surface area contributed by atoms with E-state index in [0.717, 1.165) is 11.7 Å². The van der Waals surface area contributed by atoms with Gasteiger partial charge < -0.3 is 5.31 Å². The Morgan fingerprint density at radius 1 is 1.70 bits per heavy atom. The molecule has 1 amide bonds. The number of rotatable bonds is 0. The van der Waals surface area contributed by atoms with Crippen molar-refractivity contribution in [2.45, 2.75) is 27.2 Å². The minimum Gasteiger partial charge on any atom is -0.356 e. The van der Waals surface area contributed by atoms with Gasteiger partial charge in [0, 0.05) is 12.5 Å². The molecule has 0 aliphatic carbocycles. The third-order valence-electron chi connectivity index (χ3n) is 2.03. The van der Waals surface area contributed by atoms with Crippen LogP contribution in [0.25, 0.3) is 0 Å². The number of carbonyl (C=O) groups is 1. The van der Waals surface area contributed by atoms with E-state index in [-0.39, 0.29) is 17.2 Å². The molecule has 1 aliphatic heterocycles. The molecule has 0 bridgehead atoms. The maximum absolute atomic E-state index is 11.3. The summed E-state index contributed by atoms with van der Waals surface area (Å²) in [5, 5.41) is 1.08. The predicted octanol–water partition coefficient (Wildman–Crippen LogP) is 1.17. The van der Waals surface area contributed by atoms with Crippen LogP contribution in [-0.2, 0) is 4.79 Å². The van der Waals surface area contributed by atoms with E-state index in [2.05, 4.69) is 20.8 Å². The van der Waals surface area contributed by atoms with Gasteiger partial charge in [-0.2, -0.15) is 0 Å². The summed E-state index contributed by atoms with van der Waals surface area (Å²) < 4.78 is 7.23. The largest absolute Gasteiger partial charge is 0.356 e. The summed E-state index contributed by atoms with van der Waals surface area (Å²) in [6.45, 7) is 6.75. The molecule has 0 saturated carbocycles. The van der Waals surface area contributed by atoms with Crippen LogP contribution in [-0.4, -0.2) is 12.5 Å². The molecule has 0 radical (unpaired) electrons. The number of hydrogen-bond donors (Lipinski definition) is 1. The molecule has 1 saturated heterocycles. The van der Waals surface area contributed by atoms with Gasteiger partial charge in [0.15, 0.2) is 1.41 Å². The molecule has 58 valence electrons. The first-order valence-corrected chi connectivity index (χ1v) is 3.73. The summed E-state index contributed by atoms with van der Waals surface area (Å²) in [4.78, 5) is 11.3. The topological polar surface area (TPSA) is 29.1 Å². The van der Waals surface area contributed by atoms with E-state index >= 15 is 0 Å². The molecular formula is C8H15NO. The van der Waals surface area contributed by atoms with Gasteiger partial charge in [0.25, 0.3) is 0 Å². The van der Waals surface area contributed by atoms with E-state index in [1.54, 1.807) is 0 Å². The minimum absolute atomic E-state index is 0.0162. The van der Waals surface area contributed by atoms with Gasteiger partial charge in [0.2, 0.25) is 5.91 Å². The maximum atomic E-state index is 11.3. The van der Waals surface area contributed by atoms with Crippen molar-refractivity contribution in [3.8, 4) is 0 Å². The second-order valence-corrected chi connectivity index (χ2v) is 3.93. The van der Waals surface area contributed by atoms with Gasteiger partial charge >= 0.3 is 0 Å². The Morgan fingerprint density at radius 3 is 2.50 bits per heavy atom. The smallest absolute Gasteiger partial charge is 0.223 e. The van der Waals surface area contributed by atoms with Crippen LogP contribution in [0.1, 0.15) is 27.2 Å². The maximum Gasteiger partial charge on any atom is 0.223 e. The van der Waals surface area contributed by atoms with Crippen molar-refractivity contribution < 1.29 is 6.21 Å². The Balaban J connectivity index is 2.70. The molecule has 1 N–H and O–H groups in total. The van der Waals surface area contributed by atoms with E-state index in [0.29, 0.717) is 6.54 Å².